The molecule has 0 fully saturated rings. The Morgan fingerprint density at radius 2 is 2.00 bits per heavy atom. The van der Waals surface area contributed by atoms with Crippen LogP contribution in [0.5, 0.6) is 0 Å². The molecule has 0 atom stereocenters. The van der Waals surface area contributed by atoms with Crippen LogP contribution >= 0.6 is 15.9 Å². The Kier molecular flexibility index (Phi) is 3.67. The first-order chi connectivity index (χ1) is 8.56. The summed E-state index contributed by atoms with van der Waals surface area (Å²) in [5.41, 5.74) is 8.65. The van der Waals surface area contributed by atoms with E-state index in [1.54, 1.807) is 18.2 Å². The Bertz CT molecular complexity index is 596. The van der Waals surface area contributed by atoms with Crippen LogP contribution in [0.15, 0.2) is 46.9 Å². The molecule has 0 spiro atoms. The molecular formula is C14H13BrN2O. The van der Waals surface area contributed by atoms with Gasteiger partial charge in [-0.05, 0) is 37.3 Å². The number of anilines is 2. The van der Waals surface area contributed by atoms with E-state index in [0.29, 0.717) is 16.9 Å². The molecule has 0 heterocycles. The number of nitrogens with one attached hydrogen (secondary N) is 1. The number of aryl methyl sites for hydroxylation is 1. The average Bonchev–Trinajstić information content (AvgIpc) is 2.32. The molecule has 3 nitrogen and oxygen atoms in total. The predicted molar refractivity (Wildman–Crippen MR) is 77.7 cm³/mol. The van der Waals surface area contributed by atoms with Crippen LogP contribution in [0.25, 0.3) is 0 Å². The normalized spacial score (nSPS) is 10.1. The fraction of sp³-hybridized carbons (Fsp3) is 0.0714. The molecule has 18 heavy (non-hydrogen) atoms. The number of benzene rings is 2. The summed E-state index contributed by atoms with van der Waals surface area (Å²) in [6, 6.07) is 12.8. The zero-order chi connectivity index (χ0) is 13.1. The van der Waals surface area contributed by atoms with Gasteiger partial charge < -0.3 is 11.1 Å². The highest BCUT2D eigenvalue weighted by atomic mass is 79.9. The molecule has 3 N–H and O–H groups in total. The van der Waals surface area contributed by atoms with Gasteiger partial charge in [0.05, 0.1) is 11.4 Å². The van der Waals surface area contributed by atoms with Gasteiger partial charge in [-0.25, -0.2) is 0 Å². The molecular weight excluding hydrogens is 292 g/mol. The summed E-state index contributed by atoms with van der Waals surface area (Å²) < 4.78 is 0.883. The van der Waals surface area contributed by atoms with Crippen molar-refractivity contribution in [3.63, 3.8) is 0 Å². The van der Waals surface area contributed by atoms with Gasteiger partial charge in [0.2, 0.25) is 0 Å². The number of carbonyl (C=O) groups excluding carboxylic acids is 1. The van der Waals surface area contributed by atoms with Gasteiger partial charge in [0.1, 0.15) is 0 Å². The molecule has 2 aromatic carbocycles. The maximum absolute atomic E-state index is 12.0. The van der Waals surface area contributed by atoms with Gasteiger partial charge in [0, 0.05) is 10.0 Å². The topological polar surface area (TPSA) is 55.1 Å². The zero-order valence-corrected chi connectivity index (χ0v) is 11.5. The molecule has 0 aliphatic rings. The molecule has 0 bridgehead atoms. The largest absolute Gasteiger partial charge is 0.397 e. The van der Waals surface area contributed by atoms with Crippen molar-refractivity contribution < 1.29 is 4.79 Å². The zero-order valence-electron chi connectivity index (χ0n) is 9.91. The summed E-state index contributed by atoms with van der Waals surface area (Å²) in [4.78, 5) is 12.0. The standard InChI is InChI=1S/C14H13BrN2O/c1-9-3-2-4-10(7-9)14(18)17-13-6-5-11(15)8-12(13)16/h2-8H,16H2,1H3,(H,17,18). The third-order valence-electron chi connectivity index (χ3n) is 2.54. The summed E-state index contributed by atoms with van der Waals surface area (Å²) >= 11 is 3.32. The fourth-order valence-corrected chi connectivity index (χ4v) is 2.01. The fourth-order valence-electron chi connectivity index (χ4n) is 1.63. The number of hydrogen-bond acceptors (Lipinski definition) is 2. The molecule has 2 rings (SSSR count). The highest BCUT2D eigenvalue weighted by molar-refractivity contribution is 9.10. The number of carbonyl (C=O) groups is 1. The van der Waals surface area contributed by atoms with Gasteiger partial charge in [-0.3, -0.25) is 4.79 Å². The number of halogens is 1. The van der Waals surface area contributed by atoms with Crippen LogP contribution in [0.4, 0.5) is 11.4 Å². The van der Waals surface area contributed by atoms with Crippen LogP contribution in [0.3, 0.4) is 0 Å². The molecule has 0 unspecified atom stereocenters. The maximum atomic E-state index is 12.0. The van der Waals surface area contributed by atoms with E-state index in [0.717, 1.165) is 10.0 Å². The smallest absolute Gasteiger partial charge is 0.255 e. The highest BCUT2D eigenvalue weighted by Crippen LogP contribution is 2.23. The third kappa shape index (κ3) is 2.90. The van der Waals surface area contributed by atoms with Crippen molar-refractivity contribution >= 4 is 33.2 Å². The van der Waals surface area contributed by atoms with Crippen molar-refractivity contribution in [3.05, 3.63) is 58.1 Å². The lowest BCUT2D eigenvalue weighted by Gasteiger charge is -2.08. The number of hydrogen-bond donors (Lipinski definition) is 2. The SMILES string of the molecule is Cc1cccc(C(=O)Nc2ccc(Br)cc2N)c1. The number of nitrogens with two attached hydrogens (primary N) is 1. The summed E-state index contributed by atoms with van der Waals surface area (Å²) in [5.74, 6) is -0.160. The average molecular weight is 305 g/mol. The third-order valence-corrected chi connectivity index (χ3v) is 3.04. The second-order valence-corrected chi connectivity index (χ2v) is 4.97. The van der Waals surface area contributed by atoms with E-state index < -0.39 is 0 Å². The Morgan fingerprint density at radius 1 is 1.22 bits per heavy atom. The minimum atomic E-state index is -0.160. The van der Waals surface area contributed by atoms with E-state index in [9.17, 15) is 4.79 Å². The van der Waals surface area contributed by atoms with Crippen LogP contribution in [0.1, 0.15) is 15.9 Å². The minimum Gasteiger partial charge on any atom is -0.397 e. The monoisotopic (exact) mass is 304 g/mol. The lowest BCUT2D eigenvalue weighted by atomic mass is 10.1. The van der Waals surface area contributed by atoms with Crippen LogP contribution in [-0.2, 0) is 0 Å². The molecule has 92 valence electrons. The van der Waals surface area contributed by atoms with E-state index in [1.807, 2.05) is 31.2 Å². The highest BCUT2D eigenvalue weighted by Gasteiger charge is 2.08. The van der Waals surface area contributed by atoms with Gasteiger partial charge in [-0.1, -0.05) is 33.6 Å². The van der Waals surface area contributed by atoms with Crippen LogP contribution in [0.2, 0.25) is 0 Å². The van der Waals surface area contributed by atoms with E-state index in [2.05, 4.69) is 21.2 Å². The Balaban J connectivity index is 2.21. The summed E-state index contributed by atoms with van der Waals surface area (Å²) in [6.07, 6.45) is 0. The first kappa shape index (κ1) is 12.6. The molecule has 0 aliphatic carbocycles. The van der Waals surface area contributed by atoms with Gasteiger partial charge in [0.15, 0.2) is 0 Å². The minimum absolute atomic E-state index is 0.160. The predicted octanol–water partition coefficient (Wildman–Crippen LogP) is 3.59. The lowest BCUT2D eigenvalue weighted by molar-refractivity contribution is 0.102. The molecule has 0 aromatic heterocycles. The Hall–Kier alpha value is -1.81. The number of rotatable bonds is 2. The van der Waals surface area contributed by atoms with E-state index >= 15 is 0 Å². The van der Waals surface area contributed by atoms with Gasteiger partial charge in [-0.2, -0.15) is 0 Å². The van der Waals surface area contributed by atoms with Gasteiger partial charge in [-0.15, -0.1) is 0 Å². The van der Waals surface area contributed by atoms with Crippen molar-refractivity contribution in [3.8, 4) is 0 Å². The molecule has 2 aromatic rings. The lowest BCUT2D eigenvalue weighted by Crippen LogP contribution is -2.13. The van der Waals surface area contributed by atoms with E-state index in [-0.39, 0.29) is 5.91 Å². The van der Waals surface area contributed by atoms with E-state index in [1.165, 1.54) is 0 Å². The summed E-state index contributed by atoms with van der Waals surface area (Å²) in [5, 5.41) is 2.80. The second kappa shape index (κ2) is 5.23. The van der Waals surface area contributed by atoms with Crippen molar-refractivity contribution in [2.75, 3.05) is 11.1 Å². The van der Waals surface area contributed by atoms with Crippen LogP contribution in [-0.4, -0.2) is 5.91 Å². The van der Waals surface area contributed by atoms with Crippen molar-refractivity contribution in [1.82, 2.24) is 0 Å². The molecule has 4 heteroatoms. The summed E-state index contributed by atoms with van der Waals surface area (Å²) in [7, 11) is 0. The number of amides is 1. The van der Waals surface area contributed by atoms with E-state index in [4.69, 9.17) is 5.73 Å². The molecule has 0 saturated carbocycles. The first-order valence-corrected chi connectivity index (χ1v) is 6.28. The van der Waals surface area contributed by atoms with Crippen molar-refractivity contribution in [2.45, 2.75) is 6.92 Å². The quantitative estimate of drug-likeness (QED) is 0.833. The van der Waals surface area contributed by atoms with Crippen LogP contribution < -0.4 is 11.1 Å². The summed E-state index contributed by atoms with van der Waals surface area (Å²) in [6.45, 7) is 1.95. The molecule has 0 saturated heterocycles. The molecule has 0 aliphatic heterocycles. The molecule has 1 amide bonds. The Labute approximate surface area is 114 Å². The van der Waals surface area contributed by atoms with Crippen molar-refractivity contribution in [2.24, 2.45) is 0 Å². The van der Waals surface area contributed by atoms with Gasteiger partial charge >= 0.3 is 0 Å². The number of nitrogen functional groups attached to an aromatic ring is 1. The van der Waals surface area contributed by atoms with Crippen molar-refractivity contribution in [1.29, 1.82) is 0 Å². The maximum Gasteiger partial charge on any atom is 0.255 e. The Morgan fingerprint density at radius 3 is 2.67 bits per heavy atom. The first-order valence-electron chi connectivity index (χ1n) is 5.49. The van der Waals surface area contributed by atoms with Gasteiger partial charge in [0.25, 0.3) is 5.91 Å². The second-order valence-electron chi connectivity index (χ2n) is 4.06. The molecule has 0 radical (unpaired) electrons. The van der Waals surface area contributed by atoms with Crippen LogP contribution in [0, 0.1) is 6.92 Å².